The van der Waals surface area contributed by atoms with Gasteiger partial charge in [0.1, 0.15) is 5.75 Å². The Morgan fingerprint density at radius 3 is 2.27 bits per heavy atom. The highest BCUT2D eigenvalue weighted by Crippen LogP contribution is 2.64. The Hall–Kier alpha value is -4.27. The first kappa shape index (κ1) is 25.7. The molecule has 9 heteroatoms. The molecule has 8 nitrogen and oxygen atoms in total. The van der Waals surface area contributed by atoms with Crippen LogP contribution in [0.25, 0.3) is 0 Å². The zero-order valence-electron chi connectivity index (χ0n) is 21.7. The summed E-state index contributed by atoms with van der Waals surface area (Å²) >= 11 is 6.29. The van der Waals surface area contributed by atoms with E-state index in [0.29, 0.717) is 21.8 Å². The van der Waals surface area contributed by atoms with Gasteiger partial charge in [0.25, 0.3) is 11.8 Å². The van der Waals surface area contributed by atoms with Crippen molar-refractivity contribution in [1.82, 2.24) is 5.06 Å². The molecule has 2 aliphatic heterocycles. The van der Waals surface area contributed by atoms with E-state index in [9.17, 15) is 29.5 Å². The van der Waals surface area contributed by atoms with Gasteiger partial charge in [-0.3, -0.25) is 24.4 Å². The summed E-state index contributed by atoms with van der Waals surface area (Å²) in [6, 6.07) is 22.3. The van der Waals surface area contributed by atoms with Crippen molar-refractivity contribution in [1.29, 1.82) is 0 Å². The van der Waals surface area contributed by atoms with Gasteiger partial charge in [0.2, 0.25) is 11.8 Å². The predicted octanol–water partition coefficient (Wildman–Crippen LogP) is 4.60. The average Bonchev–Trinajstić information content (AvgIpc) is 3.34. The van der Waals surface area contributed by atoms with Gasteiger partial charge in [0, 0.05) is 10.9 Å². The number of hydroxylamine groups is 2. The summed E-state index contributed by atoms with van der Waals surface area (Å²) < 4.78 is 0. The van der Waals surface area contributed by atoms with Crippen LogP contribution in [0.1, 0.15) is 29.9 Å². The summed E-state index contributed by atoms with van der Waals surface area (Å²) in [5, 5.41) is 21.0. The molecule has 41 heavy (non-hydrogen) atoms. The Labute approximate surface area is 240 Å². The zero-order valence-corrected chi connectivity index (χ0v) is 22.4. The lowest BCUT2D eigenvalue weighted by Gasteiger charge is -2.50. The van der Waals surface area contributed by atoms with Gasteiger partial charge in [-0.15, -0.1) is 0 Å². The summed E-state index contributed by atoms with van der Waals surface area (Å²) in [4.78, 5) is 56.6. The number of phenols is 1. The number of aromatic hydroxyl groups is 1. The van der Waals surface area contributed by atoms with Gasteiger partial charge >= 0.3 is 0 Å². The number of benzene rings is 3. The third kappa shape index (κ3) is 3.44. The highest BCUT2D eigenvalue weighted by atomic mass is 35.5. The Bertz CT molecular complexity index is 1650. The van der Waals surface area contributed by atoms with Crippen LogP contribution >= 0.6 is 11.6 Å². The molecule has 0 aromatic heterocycles. The van der Waals surface area contributed by atoms with Crippen molar-refractivity contribution < 1.29 is 29.5 Å². The smallest absolute Gasteiger partial charge is 0.257 e. The zero-order chi connectivity index (χ0) is 28.6. The fourth-order valence-electron chi connectivity index (χ4n) is 7.77. The van der Waals surface area contributed by atoms with Crippen molar-refractivity contribution in [2.45, 2.75) is 24.2 Å². The van der Waals surface area contributed by atoms with Crippen LogP contribution in [0.5, 0.6) is 5.75 Å². The molecular formula is C32H25ClN2O6. The topological polar surface area (TPSA) is 115 Å². The van der Waals surface area contributed by atoms with Crippen molar-refractivity contribution >= 4 is 40.9 Å². The lowest BCUT2D eigenvalue weighted by molar-refractivity contribution is -0.173. The highest BCUT2D eigenvalue weighted by Gasteiger charge is 2.70. The lowest BCUT2D eigenvalue weighted by Crippen LogP contribution is -2.53. The standard InChI is InChI=1S/C32H25ClN2O6/c33-19-7-4-8-20(15-19)34-29(38)25-16-24-22(13-14-23-26(24)30(39)35(41)28(23)37)27(17-9-11-21(36)12-10-17)32(25,31(34)40)18-5-2-1-3-6-18/h1-13,15,23-27,36,41H,14,16H2/t23-,24+,25-,26-,27-,32+/m0/s1. The Balaban J connectivity index is 1.51. The van der Waals surface area contributed by atoms with E-state index in [-0.39, 0.29) is 23.7 Å². The van der Waals surface area contributed by atoms with Gasteiger partial charge in [-0.2, -0.15) is 5.06 Å². The molecule has 2 aliphatic carbocycles. The molecular weight excluding hydrogens is 544 g/mol. The van der Waals surface area contributed by atoms with Gasteiger partial charge in [-0.25, -0.2) is 4.90 Å². The first-order valence-corrected chi connectivity index (χ1v) is 13.9. The van der Waals surface area contributed by atoms with Crippen LogP contribution in [0.2, 0.25) is 5.02 Å². The lowest BCUT2D eigenvalue weighted by atomic mass is 9.49. The normalized spacial score (nSPS) is 30.7. The van der Waals surface area contributed by atoms with E-state index in [1.165, 1.54) is 17.0 Å². The van der Waals surface area contributed by atoms with E-state index < -0.39 is 58.6 Å². The molecule has 4 amide bonds. The summed E-state index contributed by atoms with van der Waals surface area (Å²) in [7, 11) is 0. The molecule has 2 heterocycles. The molecule has 7 rings (SSSR count). The Kier molecular flexibility index (Phi) is 5.71. The van der Waals surface area contributed by atoms with E-state index in [1.54, 1.807) is 36.4 Å². The Morgan fingerprint density at radius 1 is 0.829 bits per heavy atom. The minimum atomic E-state index is -1.38. The van der Waals surface area contributed by atoms with E-state index in [0.717, 1.165) is 5.57 Å². The summed E-state index contributed by atoms with van der Waals surface area (Å²) in [6.07, 6.45) is 2.28. The van der Waals surface area contributed by atoms with Crippen molar-refractivity contribution in [3.8, 4) is 5.75 Å². The number of nitrogens with zero attached hydrogens (tertiary/aromatic N) is 2. The molecule has 2 saturated heterocycles. The van der Waals surface area contributed by atoms with Gasteiger partial charge in [0.15, 0.2) is 0 Å². The SMILES string of the molecule is O=C1[C@H]2[C@H](CC=C3[C@H]2C[C@H]2C(=O)N(c4cccc(Cl)c4)C(=O)[C@@]2(c2ccccc2)[C@H]3c2ccc(O)cc2)C(=O)N1O. The number of halogens is 1. The molecule has 0 spiro atoms. The fraction of sp³-hybridized carbons (Fsp3) is 0.250. The van der Waals surface area contributed by atoms with Crippen LogP contribution in [0.3, 0.4) is 0 Å². The predicted molar refractivity (Wildman–Crippen MR) is 148 cm³/mol. The maximum absolute atomic E-state index is 14.9. The molecule has 3 aromatic rings. The number of amides is 4. The van der Waals surface area contributed by atoms with Crippen molar-refractivity contribution in [3.63, 3.8) is 0 Å². The van der Waals surface area contributed by atoms with Crippen molar-refractivity contribution in [2.24, 2.45) is 23.7 Å². The van der Waals surface area contributed by atoms with Gasteiger partial charge in [-0.1, -0.05) is 71.8 Å². The summed E-state index contributed by atoms with van der Waals surface area (Å²) in [6.45, 7) is 0. The van der Waals surface area contributed by atoms with E-state index in [4.69, 9.17) is 11.6 Å². The minimum absolute atomic E-state index is 0.0472. The molecule has 206 valence electrons. The molecule has 3 aromatic carbocycles. The van der Waals surface area contributed by atoms with Gasteiger partial charge in [-0.05, 0) is 60.2 Å². The second kappa shape index (κ2) is 9.12. The summed E-state index contributed by atoms with van der Waals surface area (Å²) in [5.41, 5.74) is 1.10. The molecule has 0 unspecified atom stereocenters. The average molecular weight is 569 g/mol. The third-order valence-electron chi connectivity index (χ3n) is 9.37. The number of phenolic OH excluding ortho intramolecular Hbond substituents is 1. The van der Waals surface area contributed by atoms with Crippen LogP contribution in [0.4, 0.5) is 5.69 Å². The third-order valence-corrected chi connectivity index (χ3v) is 9.61. The van der Waals surface area contributed by atoms with Crippen molar-refractivity contribution in [2.75, 3.05) is 4.90 Å². The number of rotatable bonds is 3. The number of carbonyl (C=O) groups is 4. The number of carbonyl (C=O) groups excluding carboxylic acids is 4. The Morgan fingerprint density at radius 2 is 1.56 bits per heavy atom. The quantitative estimate of drug-likeness (QED) is 0.271. The van der Waals surface area contributed by atoms with Crippen molar-refractivity contribution in [3.05, 3.63) is 107 Å². The first-order chi connectivity index (χ1) is 19.7. The molecule has 0 bridgehead atoms. The number of anilines is 1. The monoisotopic (exact) mass is 568 g/mol. The van der Waals surface area contributed by atoms with Crippen LogP contribution < -0.4 is 4.90 Å². The van der Waals surface area contributed by atoms with E-state index in [2.05, 4.69) is 0 Å². The second-order valence-electron chi connectivity index (χ2n) is 11.2. The van der Waals surface area contributed by atoms with Gasteiger partial charge < -0.3 is 5.11 Å². The van der Waals surface area contributed by atoms with Gasteiger partial charge in [0.05, 0.1) is 28.9 Å². The second-order valence-corrected chi connectivity index (χ2v) is 11.6. The van der Waals surface area contributed by atoms with Crippen LogP contribution in [-0.2, 0) is 24.6 Å². The maximum atomic E-state index is 14.9. The van der Waals surface area contributed by atoms with Crippen LogP contribution in [0.15, 0.2) is 90.5 Å². The number of allylic oxidation sites excluding steroid dienone is 2. The number of fused-ring (bicyclic) bond motifs is 4. The molecule has 3 fully saturated rings. The molecule has 1 saturated carbocycles. The first-order valence-electron chi connectivity index (χ1n) is 13.5. The van der Waals surface area contributed by atoms with E-state index in [1.807, 2.05) is 36.4 Å². The minimum Gasteiger partial charge on any atom is -0.508 e. The largest absolute Gasteiger partial charge is 0.508 e. The number of hydrogen-bond acceptors (Lipinski definition) is 6. The number of imide groups is 2. The molecule has 2 N–H and O–H groups in total. The van der Waals surface area contributed by atoms with E-state index >= 15 is 0 Å². The van der Waals surface area contributed by atoms with Crippen LogP contribution in [0, 0.1) is 23.7 Å². The highest BCUT2D eigenvalue weighted by molar-refractivity contribution is 6.32. The molecule has 4 aliphatic rings. The molecule has 6 atom stereocenters. The fourth-order valence-corrected chi connectivity index (χ4v) is 7.95. The maximum Gasteiger partial charge on any atom is 0.257 e. The summed E-state index contributed by atoms with van der Waals surface area (Å²) in [5.74, 6) is -5.81. The van der Waals surface area contributed by atoms with Crippen LogP contribution in [-0.4, -0.2) is 39.0 Å². The molecule has 0 radical (unpaired) electrons. The number of hydrogen-bond donors (Lipinski definition) is 2.